The van der Waals surface area contributed by atoms with Crippen LogP contribution in [0.2, 0.25) is 5.02 Å². The Hall–Kier alpha value is -1.13. The molecule has 0 atom stereocenters. The Balaban J connectivity index is 2.05. The molecule has 0 spiro atoms. The third kappa shape index (κ3) is 2.93. The number of anilines is 1. The molecule has 1 N–H and O–H groups in total. The van der Waals surface area contributed by atoms with Crippen LogP contribution in [0.4, 0.5) is 5.69 Å². The maximum atomic E-state index is 6.09. The van der Waals surface area contributed by atoms with Gasteiger partial charge in [0, 0.05) is 16.0 Å². The summed E-state index contributed by atoms with van der Waals surface area (Å²) in [5, 5.41) is 3.93. The first-order valence-electron chi connectivity index (χ1n) is 4.68. The lowest BCUT2D eigenvalue weighted by atomic mass is 10.2. The molecule has 1 aromatic heterocycles. The standard InChI is InChI=1S/C11H9BrClN3/c12-9-2-1-8(11(13)3-9)4-16-10-5-14-7-15-6-10/h1-3,5-7,16H,4H2. The average molecular weight is 299 g/mol. The highest BCUT2D eigenvalue weighted by atomic mass is 79.9. The summed E-state index contributed by atoms with van der Waals surface area (Å²) < 4.78 is 0.976. The molecule has 0 saturated heterocycles. The largest absolute Gasteiger partial charge is 0.378 e. The summed E-state index contributed by atoms with van der Waals surface area (Å²) in [5.74, 6) is 0. The number of halogens is 2. The van der Waals surface area contributed by atoms with Gasteiger partial charge in [-0.1, -0.05) is 33.6 Å². The van der Waals surface area contributed by atoms with Crippen molar-refractivity contribution in [3.63, 3.8) is 0 Å². The Morgan fingerprint density at radius 1 is 1.25 bits per heavy atom. The highest BCUT2D eigenvalue weighted by molar-refractivity contribution is 9.10. The smallest absolute Gasteiger partial charge is 0.115 e. The number of benzene rings is 1. The Kier molecular flexibility index (Phi) is 3.74. The molecule has 0 radical (unpaired) electrons. The molecule has 0 aliphatic carbocycles. The fourth-order valence-corrected chi connectivity index (χ4v) is 1.99. The number of aromatic nitrogens is 2. The first-order chi connectivity index (χ1) is 7.75. The molecule has 1 heterocycles. The lowest BCUT2D eigenvalue weighted by Crippen LogP contribution is -2.00. The van der Waals surface area contributed by atoms with Gasteiger partial charge in [0.25, 0.3) is 0 Å². The van der Waals surface area contributed by atoms with Crippen molar-refractivity contribution in [2.75, 3.05) is 5.32 Å². The number of rotatable bonds is 3. The van der Waals surface area contributed by atoms with Gasteiger partial charge in [0.05, 0.1) is 18.1 Å². The van der Waals surface area contributed by atoms with Gasteiger partial charge in [-0.05, 0) is 17.7 Å². The van der Waals surface area contributed by atoms with Crippen LogP contribution in [-0.4, -0.2) is 9.97 Å². The first kappa shape index (κ1) is 11.4. The maximum absolute atomic E-state index is 6.09. The first-order valence-corrected chi connectivity index (χ1v) is 5.85. The van der Waals surface area contributed by atoms with Crippen molar-refractivity contribution in [3.05, 3.63) is 52.0 Å². The lowest BCUT2D eigenvalue weighted by molar-refractivity contribution is 1.10. The van der Waals surface area contributed by atoms with E-state index in [2.05, 4.69) is 31.2 Å². The molecule has 1 aromatic carbocycles. The zero-order valence-corrected chi connectivity index (χ0v) is 10.7. The molecule has 2 aromatic rings. The summed E-state index contributed by atoms with van der Waals surface area (Å²) in [4.78, 5) is 7.84. The van der Waals surface area contributed by atoms with Crippen LogP contribution in [0.15, 0.2) is 41.4 Å². The van der Waals surface area contributed by atoms with E-state index in [0.717, 1.165) is 20.7 Å². The zero-order valence-electron chi connectivity index (χ0n) is 8.32. The van der Waals surface area contributed by atoms with Crippen molar-refractivity contribution in [2.45, 2.75) is 6.54 Å². The molecule has 0 unspecified atom stereocenters. The number of hydrogen-bond donors (Lipinski definition) is 1. The van der Waals surface area contributed by atoms with Gasteiger partial charge in [-0.2, -0.15) is 0 Å². The highest BCUT2D eigenvalue weighted by Gasteiger charge is 2.00. The normalized spacial score (nSPS) is 10.1. The Morgan fingerprint density at radius 3 is 2.69 bits per heavy atom. The predicted octanol–water partition coefficient (Wildman–Crippen LogP) is 3.50. The van der Waals surface area contributed by atoms with Crippen LogP contribution in [-0.2, 0) is 6.54 Å². The van der Waals surface area contributed by atoms with Crippen LogP contribution in [0, 0.1) is 0 Å². The summed E-state index contributed by atoms with van der Waals surface area (Å²) in [6.45, 7) is 0.652. The molecule has 16 heavy (non-hydrogen) atoms. The fourth-order valence-electron chi connectivity index (χ4n) is 1.25. The van der Waals surface area contributed by atoms with Crippen LogP contribution >= 0.6 is 27.5 Å². The number of nitrogens with zero attached hydrogens (tertiary/aromatic N) is 2. The molecule has 2 rings (SSSR count). The summed E-state index contributed by atoms with van der Waals surface area (Å²) in [6.07, 6.45) is 4.94. The van der Waals surface area contributed by atoms with Gasteiger partial charge in [-0.15, -0.1) is 0 Å². The molecule has 0 aliphatic rings. The molecule has 3 nitrogen and oxygen atoms in total. The zero-order chi connectivity index (χ0) is 11.4. The van der Waals surface area contributed by atoms with Crippen molar-refractivity contribution >= 4 is 33.2 Å². The van der Waals surface area contributed by atoms with Gasteiger partial charge < -0.3 is 5.32 Å². The van der Waals surface area contributed by atoms with Gasteiger partial charge in [-0.3, -0.25) is 0 Å². The Morgan fingerprint density at radius 2 is 2.00 bits per heavy atom. The van der Waals surface area contributed by atoms with Gasteiger partial charge in [0.2, 0.25) is 0 Å². The van der Waals surface area contributed by atoms with Crippen molar-refractivity contribution in [1.29, 1.82) is 0 Å². The van der Waals surface area contributed by atoms with Gasteiger partial charge >= 0.3 is 0 Å². The van der Waals surface area contributed by atoms with E-state index < -0.39 is 0 Å². The van der Waals surface area contributed by atoms with Crippen LogP contribution in [0.1, 0.15) is 5.56 Å². The van der Waals surface area contributed by atoms with Crippen molar-refractivity contribution in [2.24, 2.45) is 0 Å². The molecule has 5 heteroatoms. The molecule has 0 fully saturated rings. The molecule has 0 amide bonds. The van der Waals surface area contributed by atoms with Gasteiger partial charge in [0.15, 0.2) is 0 Å². The molecular formula is C11H9BrClN3. The van der Waals surface area contributed by atoms with Crippen LogP contribution in [0.5, 0.6) is 0 Å². The average Bonchev–Trinajstić information content (AvgIpc) is 2.29. The van der Waals surface area contributed by atoms with E-state index in [9.17, 15) is 0 Å². The molecule has 0 aliphatic heterocycles. The minimum Gasteiger partial charge on any atom is -0.378 e. The van der Waals surface area contributed by atoms with Gasteiger partial charge in [-0.25, -0.2) is 9.97 Å². The topological polar surface area (TPSA) is 37.8 Å². The summed E-state index contributed by atoms with van der Waals surface area (Å²) in [5.41, 5.74) is 1.91. The van der Waals surface area contributed by atoms with Crippen molar-refractivity contribution in [1.82, 2.24) is 9.97 Å². The van der Waals surface area contributed by atoms with E-state index in [1.807, 2.05) is 18.2 Å². The van der Waals surface area contributed by atoms with E-state index in [0.29, 0.717) is 6.54 Å². The van der Waals surface area contributed by atoms with E-state index >= 15 is 0 Å². The van der Waals surface area contributed by atoms with Crippen molar-refractivity contribution in [3.8, 4) is 0 Å². The Labute approximate surface area is 107 Å². The van der Waals surface area contributed by atoms with E-state index in [4.69, 9.17) is 11.6 Å². The third-order valence-electron chi connectivity index (χ3n) is 2.06. The molecule has 82 valence electrons. The van der Waals surface area contributed by atoms with E-state index in [1.165, 1.54) is 6.33 Å². The van der Waals surface area contributed by atoms with Crippen molar-refractivity contribution < 1.29 is 0 Å². The second-order valence-corrected chi connectivity index (χ2v) is 4.54. The molecular weight excluding hydrogens is 289 g/mol. The summed E-state index contributed by atoms with van der Waals surface area (Å²) in [6, 6.07) is 5.81. The SMILES string of the molecule is Clc1cc(Br)ccc1CNc1cncnc1. The number of nitrogens with one attached hydrogen (secondary N) is 1. The highest BCUT2D eigenvalue weighted by Crippen LogP contribution is 2.21. The van der Waals surface area contributed by atoms with Crippen LogP contribution < -0.4 is 5.32 Å². The lowest BCUT2D eigenvalue weighted by Gasteiger charge is -2.07. The number of hydrogen-bond acceptors (Lipinski definition) is 3. The minimum absolute atomic E-state index is 0.652. The molecule has 0 saturated carbocycles. The summed E-state index contributed by atoms with van der Waals surface area (Å²) in [7, 11) is 0. The van der Waals surface area contributed by atoms with Gasteiger partial charge in [0.1, 0.15) is 6.33 Å². The third-order valence-corrected chi connectivity index (χ3v) is 2.90. The fraction of sp³-hybridized carbons (Fsp3) is 0.0909. The second-order valence-electron chi connectivity index (χ2n) is 3.22. The van der Waals surface area contributed by atoms with Crippen LogP contribution in [0.25, 0.3) is 0 Å². The minimum atomic E-state index is 0.652. The summed E-state index contributed by atoms with van der Waals surface area (Å²) >= 11 is 9.46. The van der Waals surface area contributed by atoms with E-state index in [1.54, 1.807) is 12.4 Å². The van der Waals surface area contributed by atoms with Crippen LogP contribution in [0.3, 0.4) is 0 Å². The Bertz CT molecular complexity index is 476. The monoisotopic (exact) mass is 297 g/mol. The maximum Gasteiger partial charge on any atom is 0.115 e. The molecule has 0 bridgehead atoms. The van der Waals surface area contributed by atoms with E-state index in [-0.39, 0.29) is 0 Å². The second kappa shape index (κ2) is 5.27. The predicted molar refractivity (Wildman–Crippen MR) is 68.5 cm³/mol. The quantitative estimate of drug-likeness (QED) is 0.942.